The highest BCUT2D eigenvalue weighted by Crippen LogP contribution is 2.23. The van der Waals surface area contributed by atoms with E-state index in [-0.39, 0.29) is 11.8 Å². The number of nitrogens with one attached hydrogen (secondary N) is 1. The Morgan fingerprint density at radius 3 is 2.81 bits per heavy atom. The van der Waals surface area contributed by atoms with Crippen molar-refractivity contribution in [3.63, 3.8) is 0 Å². The number of amides is 1. The number of carbonyl (C=O) groups is 1. The van der Waals surface area contributed by atoms with Crippen LogP contribution in [0.15, 0.2) is 58.7 Å². The Morgan fingerprint density at radius 1 is 1.19 bits per heavy atom. The summed E-state index contributed by atoms with van der Waals surface area (Å²) in [6.45, 7) is 0.386. The van der Waals surface area contributed by atoms with Gasteiger partial charge < -0.3 is 9.84 Å². The second kappa shape index (κ2) is 7.65. The van der Waals surface area contributed by atoms with Crippen molar-refractivity contribution in [2.45, 2.75) is 6.54 Å². The van der Waals surface area contributed by atoms with Crippen molar-refractivity contribution in [1.82, 2.24) is 25.4 Å². The first-order valence-corrected chi connectivity index (χ1v) is 9.17. The maximum absolute atomic E-state index is 12.3. The second-order valence-electron chi connectivity index (χ2n) is 5.51. The van der Waals surface area contributed by atoms with E-state index in [1.54, 1.807) is 36.0 Å². The first-order valence-electron chi connectivity index (χ1n) is 7.92. The highest BCUT2D eigenvalue weighted by Gasteiger charge is 2.17. The molecule has 0 bridgehead atoms. The normalized spacial score (nSPS) is 10.7. The van der Waals surface area contributed by atoms with Crippen LogP contribution >= 0.6 is 22.9 Å². The number of aromatic nitrogens is 4. The summed E-state index contributed by atoms with van der Waals surface area (Å²) in [5, 5.41) is 9.43. The van der Waals surface area contributed by atoms with Gasteiger partial charge in [0.2, 0.25) is 5.82 Å². The zero-order valence-electron chi connectivity index (χ0n) is 13.8. The predicted molar refractivity (Wildman–Crippen MR) is 101 cm³/mol. The minimum absolute atomic E-state index is 0.252. The van der Waals surface area contributed by atoms with Gasteiger partial charge in [0.25, 0.3) is 11.8 Å². The molecule has 1 aromatic carbocycles. The van der Waals surface area contributed by atoms with Crippen LogP contribution in [0.5, 0.6) is 0 Å². The monoisotopic (exact) mass is 397 g/mol. The minimum Gasteiger partial charge on any atom is -0.346 e. The number of nitrogens with zero attached hydrogens (tertiary/aromatic N) is 4. The van der Waals surface area contributed by atoms with E-state index in [4.69, 9.17) is 16.1 Å². The number of pyridine rings is 1. The van der Waals surface area contributed by atoms with Crippen LogP contribution in [-0.2, 0) is 6.54 Å². The molecule has 134 valence electrons. The van der Waals surface area contributed by atoms with Crippen molar-refractivity contribution < 1.29 is 9.32 Å². The van der Waals surface area contributed by atoms with Gasteiger partial charge in [0.15, 0.2) is 5.01 Å². The van der Waals surface area contributed by atoms with Crippen LogP contribution < -0.4 is 5.32 Å². The van der Waals surface area contributed by atoms with E-state index in [9.17, 15) is 4.79 Å². The lowest BCUT2D eigenvalue weighted by Crippen LogP contribution is -2.22. The summed E-state index contributed by atoms with van der Waals surface area (Å²) in [6.07, 6.45) is 3.31. The molecule has 3 aromatic heterocycles. The molecule has 4 aromatic rings. The maximum atomic E-state index is 12.3. The number of benzene rings is 1. The Labute approximate surface area is 163 Å². The van der Waals surface area contributed by atoms with Crippen LogP contribution in [0.1, 0.15) is 15.4 Å². The molecule has 0 spiro atoms. The number of carbonyl (C=O) groups excluding carboxylic acids is 1. The fourth-order valence-corrected chi connectivity index (χ4v) is 3.11. The molecule has 27 heavy (non-hydrogen) atoms. The van der Waals surface area contributed by atoms with Gasteiger partial charge in [-0.3, -0.25) is 9.78 Å². The zero-order valence-corrected chi connectivity index (χ0v) is 15.4. The smallest absolute Gasteiger partial charge is 0.280 e. The van der Waals surface area contributed by atoms with Crippen LogP contribution in [0, 0.1) is 0 Å². The first kappa shape index (κ1) is 17.3. The summed E-state index contributed by atoms with van der Waals surface area (Å²) in [7, 11) is 0. The first-order chi connectivity index (χ1) is 13.2. The van der Waals surface area contributed by atoms with E-state index in [2.05, 4.69) is 25.4 Å². The van der Waals surface area contributed by atoms with Gasteiger partial charge in [-0.15, -0.1) is 11.3 Å². The highest BCUT2D eigenvalue weighted by atomic mass is 35.5. The number of halogens is 1. The Bertz CT molecular complexity index is 1060. The largest absolute Gasteiger partial charge is 0.346 e. The molecule has 0 aliphatic heterocycles. The molecule has 9 heteroatoms. The minimum atomic E-state index is -0.270. The fourth-order valence-electron chi connectivity index (χ4n) is 2.28. The average Bonchev–Trinajstić information content (AvgIpc) is 3.37. The van der Waals surface area contributed by atoms with Crippen LogP contribution in [0.4, 0.5) is 0 Å². The molecule has 1 N–H and O–H groups in total. The Hall–Kier alpha value is -3.10. The summed E-state index contributed by atoms with van der Waals surface area (Å²) >= 11 is 7.06. The quantitative estimate of drug-likeness (QED) is 0.550. The van der Waals surface area contributed by atoms with E-state index < -0.39 is 0 Å². The molecule has 0 saturated carbocycles. The molecule has 0 radical (unpaired) electrons. The van der Waals surface area contributed by atoms with Crippen LogP contribution in [0.2, 0.25) is 5.02 Å². The standard InChI is InChI=1S/C18H12ClN5O2S/c19-13-5-3-11(4-6-13)8-21-16(25)18-22-14(10-27-18)17-23-15(24-26-17)12-2-1-7-20-9-12/h1-7,9-10H,8H2,(H,21,25). The lowest BCUT2D eigenvalue weighted by molar-refractivity contribution is 0.0950. The zero-order chi connectivity index (χ0) is 18.6. The summed E-state index contributed by atoms with van der Waals surface area (Å²) in [6, 6.07) is 10.9. The van der Waals surface area contributed by atoms with Crippen molar-refractivity contribution in [2.75, 3.05) is 0 Å². The predicted octanol–water partition coefficient (Wildman–Crippen LogP) is 3.84. The summed E-state index contributed by atoms with van der Waals surface area (Å²) in [5.74, 6) is 0.398. The SMILES string of the molecule is O=C(NCc1ccc(Cl)cc1)c1nc(-c2nc(-c3cccnc3)no2)cs1. The Balaban J connectivity index is 1.44. The van der Waals surface area contributed by atoms with Gasteiger partial charge in [-0.1, -0.05) is 28.9 Å². The van der Waals surface area contributed by atoms with E-state index in [1.807, 2.05) is 18.2 Å². The number of rotatable bonds is 5. The number of hydrogen-bond donors (Lipinski definition) is 1. The second-order valence-corrected chi connectivity index (χ2v) is 6.81. The third kappa shape index (κ3) is 4.02. The van der Waals surface area contributed by atoms with Gasteiger partial charge in [0, 0.05) is 34.9 Å². The van der Waals surface area contributed by atoms with Gasteiger partial charge in [0.1, 0.15) is 5.69 Å². The number of thiazole rings is 1. The van der Waals surface area contributed by atoms with Gasteiger partial charge in [-0.25, -0.2) is 4.98 Å². The Morgan fingerprint density at radius 2 is 2.04 bits per heavy atom. The highest BCUT2D eigenvalue weighted by molar-refractivity contribution is 7.12. The van der Waals surface area contributed by atoms with Gasteiger partial charge in [-0.05, 0) is 29.8 Å². The molecular formula is C18H12ClN5O2S. The van der Waals surface area contributed by atoms with Crippen LogP contribution in [0.3, 0.4) is 0 Å². The average molecular weight is 398 g/mol. The van der Waals surface area contributed by atoms with Crippen molar-refractivity contribution >= 4 is 28.8 Å². The third-order valence-electron chi connectivity index (χ3n) is 3.63. The van der Waals surface area contributed by atoms with Gasteiger partial charge in [-0.2, -0.15) is 4.98 Å². The third-order valence-corrected chi connectivity index (χ3v) is 4.72. The lowest BCUT2D eigenvalue weighted by atomic mass is 10.2. The van der Waals surface area contributed by atoms with E-state index in [1.165, 1.54) is 11.3 Å². The lowest BCUT2D eigenvalue weighted by Gasteiger charge is -2.03. The fraction of sp³-hybridized carbons (Fsp3) is 0.0556. The van der Waals surface area contributed by atoms with E-state index >= 15 is 0 Å². The van der Waals surface area contributed by atoms with Gasteiger partial charge in [0.05, 0.1) is 0 Å². The van der Waals surface area contributed by atoms with Crippen LogP contribution in [-0.4, -0.2) is 26.0 Å². The van der Waals surface area contributed by atoms with Crippen molar-refractivity contribution in [3.05, 3.63) is 69.8 Å². The van der Waals surface area contributed by atoms with Crippen molar-refractivity contribution in [1.29, 1.82) is 0 Å². The van der Waals surface area contributed by atoms with E-state index in [0.29, 0.717) is 28.1 Å². The number of hydrogen-bond acceptors (Lipinski definition) is 7. The van der Waals surface area contributed by atoms with E-state index in [0.717, 1.165) is 11.1 Å². The molecule has 0 unspecified atom stereocenters. The molecule has 3 heterocycles. The molecular weight excluding hydrogens is 386 g/mol. The Kier molecular flexibility index (Phi) is 4.91. The van der Waals surface area contributed by atoms with Crippen molar-refractivity contribution in [2.24, 2.45) is 0 Å². The topological polar surface area (TPSA) is 93.8 Å². The molecule has 4 rings (SSSR count). The molecule has 0 saturated heterocycles. The molecule has 0 atom stereocenters. The summed E-state index contributed by atoms with van der Waals surface area (Å²) in [4.78, 5) is 24.9. The summed E-state index contributed by atoms with van der Waals surface area (Å²) < 4.78 is 5.25. The van der Waals surface area contributed by atoms with Crippen molar-refractivity contribution in [3.8, 4) is 23.0 Å². The molecule has 0 aliphatic rings. The summed E-state index contributed by atoms with van der Waals surface area (Å²) in [5.41, 5.74) is 2.14. The molecule has 7 nitrogen and oxygen atoms in total. The van der Waals surface area contributed by atoms with Crippen LogP contribution in [0.25, 0.3) is 23.0 Å². The van der Waals surface area contributed by atoms with Gasteiger partial charge >= 0.3 is 0 Å². The molecule has 1 amide bonds. The molecule has 0 aliphatic carbocycles. The molecule has 0 fully saturated rings. The maximum Gasteiger partial charge on any atom is 0.280 e.